The molecule has 1 aromatic carbocycles. The van der Waals surface area contributed by atoms with E-state index in [1.54, 1.807) is 25.4 Å². The standard InChI is InChI=1S/C16H21N3O2S/c1-13(2)19(3)22(20,21)15-9-7-14(8-10-15)12-18-16-6-4-5-11-17-16/h4-11,13H,12H2,1-3H3,(H,17,18). The van der Waals surface area contributed by atoms with Crippen LogP contribution >= 0.6 is 0 Å². The maximum Gasteiger partial charge on any atom is 0.243 e. The van der Waals surface area contributed by atoms with Crippen LogP contribution in [0, 0.1) is 0 Å². The lowest BCUT2D eigenvalue weighted by molar-refractivity contribution is 0.410. The minimum atomic E-state index is -3.42. The first-order chi connectivity index (χ1) is 10.4. The first-order valence-electron chi connectivity index (χ1n) is 7.13. The molecule has 0 radical (unpaired) electrons. The first kappa shape index (κ1) is 16.5. The van der Waals surface area contributed by atoms with E-state index in [0.717, 1.165) is 11.4 Å². The molecule has 22 heavy (non-hydrogen) atoms. The zero-order valence-corrected chi connectivity index (χ0v) is 13.8. The normalized spacial score (nSPS) is 11.9. The summed E-state index contributed by atoms with van der Waals surface area (Å²) in [6.45, 7) is 4.29. The fourth-order valence-corrected chi connectivity index (χ4v) is 3.25. The van der Waals surface area contributed by atoms with Crippen LogP contribution in [0.15, 0.2) is 53.6 Å². The van der Waals surface area contributed by atoms with Gasteiger partial charge in [0, 0.05) is 25.8 Å². The van der Waals surface area contributed by atoms with Crippen molar-refractivity contribution in [1.29, 1.82) is 0 Å². The predicted molar refractivity (Wildman–Crippen MR) is 88.1 cm³/mol. The van der Waals surface area contributed by atoms with Gasteiger partial charge >= 0.3 is 0 Å². The largest absolute Gasteiger partial charge is 0.366 e. The molecule has 1 N–H and O–H groups in total. The molecule has 1 heterocycles. The average molecular weight is 319 g/mol. The van der Waals surface area contributed by atoms with Crippen LogP contribution in [0.4, 0.5) is 5.82 Å². The van der Waals surface area contributed by atoms with Crippen molar-refractivity contribution in [2.24, 2.45) is 0 Å². The molecule has 0 aliphatic rings. The van der Waals surface area contributed by atoms with Crippen LogP contribution in [0.25, 0.3) is 0 Å². The molecule has 2 rings (SSSR count). The zero-order chi connectivity index (χ0) is 16.2. The Bertz CT molecular complexity index is 698. The van der Waals surface area contributed by atoms with Gasteiger partial charge in [0.05, 0.1) is 4.90 Å². The van der Waals surface area contributed by atoms with Crippen molar-refractivity contribution in [1.82, 2.24) is 9.29 Å². The van der Waals surface area contributed by atoms with Gasteiger partial charge < -0.3 is 5.32 Å². The summed E-state index contributed by atoms with van der Waals surface area (Å²) >= 11 is 0. The molecule has 0 aliphatic carbocycles. The Hall–Kier alpha value is -1.92. The summed E-state index contributed by atoms with van der Waals surface area (Å²) in [5.41, 5.74) is 0.997. The molecule has 0 spiro atoms. The molecule has 1 aromatic heterocycles. The molecule has 0 fully saturated rings. The number of sulfonamides is 1. The summed E-state index contributed by atoms with van der Waals surface area (Å²) in [6, 6.07) is 12.5. The van der Waals surface area contributed by atoms with Gasteiger partial charge in [0.2, 0.25) is 10.0 Å². The van der Waals surface area contributed by atoms with E-state index in [2.05, 4.69) is 10.3 Å². The lowest BCUT2D eigenvalue weighted by Gasteiger charge is -2.21. The second kappa shape index (κ2) is 6.89. The zero-order valence-electron chi connectivity index (χ0n) is 13.0. The Morgan fingerprint density at radius 2 is 1.82 bits per heavy atom. The van der Waals surface area contributed by atoms with Crippen LogP contribution in [-0.4, -0.2) is 30.8 Å². The van der Waals surface area contributed by atoms with E-state index in [1.165, 1.54) is 4.31 Å². The highest BCUT2D eigenvalue weighted by molar-refractivity contribution is 7.89. The molecule has 0 atom stereocenters. The van der Waals surface area contributed by atoms with E-state index >= 15 is 0 Å². The van der Waals surface area contributed by atoms with Crippen LogP contribution in [0.5, 0.6) is 0 Å². The van der Waals surface area contributed by atoms with Gasteiger partial charge in [-0.05, 0) is 43.7 Å². The molecular weight excluding hydrogens is 298 g/mol. The third kappa shape index (κ3) is 3.84. The van der Waals surface area contributed by atoms with Crippen LogP contribution in [-0.2, 0) is 16.6 Å². The van der Waals surface area contributed by atoms with Crippen LogP contribution in [0.2, 0.25) is 0 Å². The fraction of sp³-hybridized carbons (Fsp3) is 0.312. The van der Waals surface area contributed by atoms with Crippen molar-refractivity contribution in [2.45, 2.75) is 31.3 Å². The molecule has 6 heteroatoms. The van der Waals surface area contributed by atoms with E-state index in [-0.39, 0.29) is 6.04 Å². The van der Waals surface area contributed by atoms with Crippen molar-refractivity contribution in [3.8, 4) is 0 Å². The number of hydrogen-bond acceptors (Lipinski definition) is 4. The third-order valence-electron chi connectivity index (χ3n) is 3.47. The highest BCUT2D eigenvalue weighted by Crippen LogP contribution is 2.17. The Morgan fingerprint density at radius 3 is 2.36 bits per heavy atom. The smallest absolute Gasteiger partial charge is 0.243 e. The van der Waals surface area contributed by atoms with Gasteiger partial charge in [-0.1, -0.05) is 18.2 Å². The number of aromatic nitrogens is 1. The van der Waals surface area contributed by atoms with Crippen molar-refractivity contribution in [3.05, 3.63) is 54.2 Å². The summed E-state index contributed by atoms with van der Waals surface area (Å²) in [5.74, 6) is 0.790. The number of rotatable bonds is 6. The van der Waals surface area contributed by atoms with Crippen molar-refractivity contribution >= 4 is 15.8 Å². The molecule has 5 nitrogen and oxygen atoms in total. The Kier molecular flexibility index (Phi) is 5.15. The summed E-state index contributed by atoms with van der Waals surface area (Å²) in [7, 11) is -1.83. The second-order valence-electron chi connectivity index (χ2n) is 5.33. The summed E-state index contributed by atoms with van der Waals surface area (Å²) < 4.78 is 26.1. The summed E-state index contributed by atoms with van der Waals surface area (Å²) in [4.78, 5) is 4.49. The maximum atomic E-state index is 12.4. The molecule has 0 aliphatic heterocycles. The first-order valence-corrected chi connectivity index (χ1v) is 8.57. The highest BCUT2D eigenvalue weighted by atomic mass is 32.2. The van der Waals surface area contributed by atoms with Crippen LogP contribution < -0.4 is 5.32 Å². The molecule has 2 aromatic rings. The van der Waals surface area contributed by atoms with Crippen LogP contribution in [0.1, 0.15) is 19.4 Å². The number of anilines is 1. The monoisotopic (exact) mass is 319 g/mol. The second-order valence-corrected chi connectivity index (χ2v) is 7.32. The van der Waals surface area contributed by atoms with Gasteiger partial charge in [0.15, 0.2) is 0 Å². The third-order valence-corrected chi connectivity index (χ3v) is 5.51. The van der Waals surface area contributed by atoms with E-state index in [9.17, 15) is 8.42 Å². The molecule has 0 bridgehead atoms. The quantitative estimate of drug-likeness (QED) is 0.889. The lowest BCUT2D eigenvalue weighted by atomic mass is 10.2. The highest BCUT2D eigenvalue weighted by Gasteiger charge is 2.22. The van der Waals surface area contributed by atoms with Gasteiger partial charge in [-0.3, -0.25) is 0 Å². The van der Waals surface area contributed by atoms with Crippen LogP contribution in [0.3, 0.4) is 0 Å². The fourth-order valence-electron chi connectivity index (χ4n) is 1.88. The van der Waals surface area contributed by atoms with E-state index in [0.29, 0.717) is 11.4 Å². The summed E-state index contributed by atoms with van der Waals surface area (Å²) in [5, 5.41) is 3.19. The van der Waals surface area contributed by atoms with E-state index in [1.807, 2.05) is 44.2 Å². The maximum absolute atomic E-state index is 12.4. The average Bonchev–Trinajstić information content (AvgIpc) is 2.53. The Morgan fingerprint density at radius 1 is 1.14 bits per heavy atom. The lowest BCUT2D eigenvalue weighted by Crippen LogP contribution is -2.33. The minimum absolute atomic E-state index is 0.0736. The van der Waals surface area contributed by atoms with Gasteiger partial charge in [0.1, 0.15) is 5.82 Å². The van der Waals surface area contributed by atoms with Crippen molar-refractivity contribution in [3.63, 3.8) is 0 Å². The minimum Gasteiger partial charge on any atom is -0.366 e. The molecule has 0 amide bonds. The van der Waals surface area contributed by atoms with E-state index < -0.39 is 10.0 Å². The summed E-state index contributed by atoms with van der Waals surface area (Å²) in [6.07, 6.45) is 1.72. The van der Waals surface area contributed by atoms with Gasteiger partial charge in [-0.25, -0.2) is 13.4 Å². The predicted octanol–water partition coefficient (Wildman–Crippen LogP) is 2.72. The molecule has 0 saturated heterocycles. The Balaban J connectivity index is 2.07. The Labute approximate surface area is 132 Å². The number of nitrogens with zero attached hydrogens (tertiary/aromatic N) is 2. The number of nitrogens with one attached hydrogen (secondary N) is 1. The molecular formula is C16H21N3O2S. The number of benzene rings is 1. The molecule has 118 valence electrons. The van der Waals surface area contributed by atoms with Gasteiger partial charge in [0.25, 0.3) is 0 Å². The molecule has 0 unspecified atom stereocenters. The van der Waals surface area contributed by atoms with Gasteiger partial charge in [-0.15, -0.1) is 0 Å². The van der Waals surface area contributed by atoms with Crippen molar-refractivity contribution < 1.29 is 8.42 Å². The number of pyridine rings is 1. The topological polar surface area (TPSA) is 62.3 Å². The molecule has 0 saturated carbocycles. The number of hydrogen-bond donors (Lipinski definition) is 1. The van der Waals surface area contributed by atoms with Gasteiger partial charge in [-0.2, -0.15) is 4.31 Å². The SMILES string of the molecule is CC(C)N(C)S(=O)(=O)c1ccc(CNc2ccccn2)cc1. The van der Waals surface area contributed by atoms with Crippen molar-refractivity contribution in [2.75, 3.05) is 12.4 Å². The van der Waals surface area contributed by atoms with E-state index in [4.69, 9.17) is 0 Å².